The number of aromatic nitrogens is 1. The summed E-state index contributed by atoms with van der Waals surface area (Å²) in [5, 5.41) is 17.5. The van der Waals surface area contributed by atoms with Crippen LogP contribution in [0.15, 0.2) is 28.8 Å². The van der Waals surface area contributed by atoms with Gasteiger partial charge in [-0.1, -0.05) is 5.16 Å². The molecule has 0 spiro atoms. The minimum Gasteiger partial charge on any atom is -0.381 e. The average Bonchev–Trinajstić information content (AvgIpc) is 2.67. The summed E-state index contributed by atoms with van der Waals surface area (Å²) in [7, 11) is 0. The number of benzene rings is 1. The van der Waals surface area contributed by atoms with E-state index in [9.17, 15) is 10.1 Å². The molecule has 0 unspecified atom stereocenters. The maximum Gasteiger partial charge on any atom is 0.269 e. The molecule has 1 heterocycles. The van der Waals surface area contributed by atoms with Crippen molar-refractivity contribution in [1.29, 1.82) is 0 Å². The van der Waals surface area contributed by atoms with Crippen LogP contribution in [0, 0.1) is 24.0 Å². The van der Waals surface area contributed by atoms with Gasteiger partial charge in [0.25, 0.3) is 5.69 Å². The quantitative estimate of drug-likeness (QED) is 0.663. The summed E-state index contributed by atoms with van der Waals surface area (Å²) in [6, 6.07) is 6.29. The summed E-state index contributed by atoms with van der Waals surface area (Å²) >= 11 is 0. The lowest BCUT2D eigenvalue weighted by atomic mass is 10.2. The van der Waals surface area contributed by atoms with Gasteiger partial charge in [-0.15, -0.1) is 0 Å². The topological polar surface area (TPSA) is 81.2 Å². The van der Waals surface area contributed by atoms with Crippen LogP contribution < -0.4 is 5.32 Å². The summed E-state index contributed by atoms with van der Waals surface area (Å²) in [5.41, 5.74) is 2.76. The van der Waals surface area contributed by atoms with E-state index in [1.807, 2.05) is 13.8 Å². The predicted molar refractivity (Wildman–Crippen MR) is 66.4 cm³/mol. The van der Waals surface area contributed by atoms with E-state index in [-0.39, 0.29) is 5.69 Å². The highest BCUT2D eigenvalue weighted by molar-refractivity contribution is 5.49. The van der Waals surface area contributed by atoms with Gasteiger partial charge < -0.3 is 9.84 Å². The Labute approximate surface area is 104 Å². The standard InChI is InChI=1S/C12H13N3O3/c1-8-12(9(2)18-14-8)7-13-10-3-5-11(6-4-10)15(16)17/h3-6,13H,7H2,1-2H3. The number of rotatable bonds is 4. The number of hydrogen-bond acceptors (Lipinski definition) is 5. The van der Waals surface area contributed by atoms with E-state index in [2.05, 4.69) is 10.5 Å². The second-order valence-corrected chi connectivity index (χ2v) is 3.96. The van der Waals surface area contributed by atoms with Crippen LogP contribution in [-0.2, 0) is 6.54 Å². The number of nitrogens with one attached hydrogen (secondary N) is 1. The van der Waals surface area contributed by atoms with E-state index in [4.69, 9.17) is 4.52 Å². The van der Waals surface area contributed by atoms with Crippen molar-refractivity contribution in [2.24, 2.45) is 0 Å². The van der Waals surface area contributed by atoms with E-state index < -0.39 is 4.92 Å². The molecule has 18 heavy (non-hydrogen) atoms. The van der Waals surface area contributed by atoms with Crippen molar-refractivity contribution in [3.63, 3.8) is 0 Å². The van der Waals surface area contributed by atoms with Gasteiger partial charge in [-0.25, -0.2) is 0 Å². The number of nitro benzene ring substituents is 1. The van der Waals surface area contributed by atoms with Crippen LogP contribution in [0.3, 0.4) is 0 Å². The maximum absolute atomic E-state index is 10.5. The SMILES string of the molecule is Cc1noc(C)c1CNc1ccc([N+](=O)[O-])cc1. The molecule has 0 radical (unpaired) electrons. The molecule has 6 heteroatoms. The maximum atomic E-state index is 10.5. The van der Waals surface area contributed by atoms with Gasteiger partial charge in [0.1, 0.15) is 5.76 Å². The molecule has 0 atom stereocenters. The largest absolute Gasteiger partial charge is 0.381 e. The molecule has 0 amide bonds. The van der Waals surface area contributed by atoms with Crippen LogP contribution in [0.4, 0.5) is 11.4 Å². The Kier molecular flexibility index (Phi) is 3.27. The van der Waals surface area contributed by atoms with E-state index in [0.717, 1.165) is 22.7 Å². The van der Waals surface area contributed by atoms with Gasteiger partial charge in [0.05, 0.1) is 10.6 Å². The molecule has 2 rings (SSSR count). The lowest BCUT2D eigenvalue weighted by molar-refractivity contribution is -0.384. The number of hydrogen-bond donors (Lipinski definition) is 1. The van der Waals surface area contributed by atoms with Gasteiger partial charge in [0.2, 0.25) is 0 Å². The molecular weight excluding hydrogens is 234 g/mol. The minimum atomic E-state index is -0.419. The zero-order valence-electron chi connectivity index (χ0n) is 10.1. The first-order valence-electron chi connectivity index (χ1n) is 5.48. The van der Waals surface area contributed by atoms with Crippen LogP contribution in [0.2, 0.25) is 0 Å². The highest BCUT2D eigenvalue weighted by Gasteiger charge is 2.09. The Morgan fingerprint density at radius 1 is 1.33 bits per heavy atom. The van der Waals surface area contributed by atoms with Gasteiger partial charge in [-0.05, 0) is 26.0 Å². The molecule has 0 aliphatic heterocycles. The highest BCUT2D eigenvalue weighted by atomic mass is 16.6. The summed E-state index contributed by atoms with van der Waals surface area (Å²) < 4.78 is 5.05. The molecule has 0 fully saturated rings. The van der Waals surface area contributed by atoms with Gasteiger partial charge >= 0.3 is 0 Å². The van der Waals surface area contributed by atoms with Gasteiger partial charge in [-0.2, -0.15) is 0 Å². The zero-order chi connectivity index (χ0) is 13.1. The fourth-order valence-corrected chi connectivity index (χ4v) is 1.65. The third-order valence-corrected chi connectivity index (χ3v) is 2.73. The molecule has 0 aliphatic rings. The molecule has 0 saturated heterocycles. The number of nitro groups is 1. The second-order valence-electron chi connectivity index (χ2n) is 3.96. The summed E-state index contributed by atoms with van der Waals surface area (Å²) in [4.78, 5) is 10.1. The molecule has 1 aromatic heterocycles. The molecule has 1 N–H and O–H groups in total. The van der Waals surface area contributed by atoms with Crippen molar-refractivity contribution in [2.75, 3.05) is 5.32 Å². The third-order valence-electron chi connectivity index (χ3n) is 2.73. The molecule has 94 valence electrons. The van der Waals surface area contributed by atoms with Crippen LogP contribution in [0.1, 0.15) is 17.0 Å². The Balaban J connectivity index is 2.04. The molecule has 1 aromatic carbocycles. The molecule has 0 bridgehead atoms. The highest BCUT2D eigenvalue weighted by Crippen LogP contribution is 2.18. The summed E-state index contributed by atoms with van der Waals surface area (Å²) in [6.45, 7) is 4.31. The fourth-order valence-electron chi connectivity index (χ4n) is 1.65. The van der Waals surface area contributed by atoms with Gasteiger partial charge in [0.15, 0.2) is 0 Å². The number of non-ortho nitro benzene ring substituents is 1. The average molecular weight is 247 g/mol. The van der Waals surface area contributed by atoms with Crippen LogP contribution in [0.5, 0.6) is 0 Å². The first kappa shape index (κ1) is 12.1. The first-order chi connectivity index (χ1) is 8.58. The normalized spacial score (nSPS) is 10.3. The summed E-state index contributed by atoms with van der Waals surface area (Å²) in [6.07, 6.45) is 0. The van der Waals surface area contributed by atoms with Crippen LogP contribution >= 0.6 is 0 Å². The van der Waals surface area contributed by atoms with Crippen molar-refractivity contribution in [2.45, 2.75) is 20.4 Å². The third kappa shape index (κ3) is 2.48. The van der Waals surface area contributed by atoms with Crippen molar-refractivity contribution >= 4 is 11.4 Å². The smallest absolute Gasteiger partial charge is 0.269 e. The molecule has 2 aromatic rings. The zero-order valence-corrected chi connectivity index (χ0v) is 10.1. The molecule has 6 nitrogen and oxygen atoms in total. The number of aryl methyl sites for hydroxylation is 2. The van der Waals surface area contributed by atoms with E-state index in [1.54, 1.807) is 12.1 Å². The Morgan fingerprint density at radius 3 is 2.50 bits per heavy atom. The molecular formula is C12H13N3O3. The lowest BCUT2D eigenvalue weighted by Crippen LogP contribution is -2.01. The Hall–Kier alpha value is -2.37. The number of anilines is 1. The minimum absolute atomic E-state index is 0.0814. The van der Waals surface area contributed by atoms with E-state index >= 15 is 0 Å². The van der Waals surface area contributed by atoms with Crippen LogP contribution in [0.25, 0.3) is 0 Å². The Morgan fingerprint density at radius 2 is 2.00 bits per heavy atom. The first-order valence-corrected chi connectivity index (χ1v) is 5.48. The van der Waals surface area contributed by atoms with Crippen molar-refractivity contribution < 1.29 is 9.45 Å². The number of nitrogens with zero attached hydrogens (tertiary/aromatic N) is 2. The van der Waals surface area contributed by atoms with E-state index in [1.165, 1.54) is 12.1 Å². The fraction of sp³-hybridized carbons (Fsp3) is 0.250. The van der Waals surface area contributed by atoms with Gasteiger partial charge in [0, 0.05) is 29.9 Å². The monoisotopic (exact) mass is 247 g/mol. The lowest BCUT2D eigenvalue weighted by Gasteiger charge is -2.05. The van der Waals surface area contributed by atoms with Crippen molar-refractivity contribution in [3.05, 3.63) is 51.4 Å². The summed E-state index contributed by atoms with van der Waals surface area (Å²) in [5.74, 6) is 0.780. The van der Waals surface area contributed by atoms with E-state index in [0.29, 0.717) is 6.54 Å². The second kappa shape index (κ2) is 4.87. The Bertz CT molecular complexity index is 541. The molecule has 0 saturated carbocycles. The van der Waals surface area contributed by atoms with Crippen molar-refractivity contribution in [1.82, 2.24) is 5.16 Å². The van der Waals surface area contributed by atoms with Gasteiger partial charge in [-0.3, -0.25) is 10.1 Å². The predicted octanol–water partition coefficient (Wildman–Crippen LogP) is 2.81. The van der Waals surface area contributed by atoms with Crippen molar-refractivity contribution in [3.8, 4) is 0 Å². The molecule has 0 aliphatic carbocycles. The van der Waals surface area contributed by atoms with Crippen LogP contribution in [-0.4, -0.2) is 10.1 Å².